The summed E-state index contributed by atoms with van der Waals surface area (Å²) in [5.74, 6) is -0.911. The summed E-state index contributed by atoms with van der Waals surface area (Å²) in [7, 11) is 0. The lowest BCUT2D eigenvalue weighted by Gasteiger charge is -2.24. The average molecular weight is 238 g/mol. The molecule has 0 heterocycles. The molecule has 0 spiro atoms. The van der Waals surface area contributed by atoms with Gasteiger partial charge in [0.1, 0.15) is 24.6 Å². The van der Waals surface area contributed by atoms with Crippen LogP contribution < -0.4 is 0 Å². The van der Waals surface area contributed by atoms with Crippen molar-refractivity contribution in [1.29, 1.82) is 0 Å². The first-order valence-electron chi connectivity index (χ1n) is 4.27. The Balaban J connectivity index is 4.35. The number of rotatable bonds is 7. The number of hydrogen-bond donors (Lipinski definition) is 4. The fourth-order valence-corrected chi connectivity index (χ4v) is 0.989. The summed E-state index contributed by atoms with van der Waals surface area (Å²) >= 11 is 3.64. The minimum Gasteiger partial charge on any atom is -0.458 e. The Hall–Kier alpha value is -0.630. The molecule has 0 aliphatic rings. The van der Waals surface area contributed by atoms with Crippen molar-refractivity contribution >= 4 is 24.9 Å². The number of aldehydes is 1. The summed E-state index contributed by atoms with van der Waals surface area (Å²) in [4.78, 5) is 21.1. The third-order valence-electron chi connectivity index (χ3n) is 1.70. The van der Waals surface area contributed by atoms with Crippen LogP contribution in [0, 0.1) is 0 Å². The summed E-state index contributed by atoms with van der Waals surface area (Å²) in [6.07, 6.45) is -3.92. The van der Waals surface area contributed by atoms with E-state index in [9.17, 15) is 14.7 Å². The van der Waals surface area contributed by atoms with Gasteiger partial charge < -0.3 is 24.9 Å². The Labute approximate surface area is 92.3 Å². The van der Waals surface area contributed by atoms with Crippen LogP contribution in [-0.4, -0.2) is 58.2 Å². The fourth-order valence-electron chi connectivity index (χ4n) is 0.914. The van der Waals surface area contributed by atoms with Gasteiger partial charge in [0, 0.05) is 6.42 Å². The summed E-state index contributed by atoms with van der Waals surface area (Å²) in [5, 5.41) is 27.0. The summed E-state index contributed by atoms with van der Waals surface area (Å²) < 4.78 is 4.66. The zero-order chi connectivity index (χ0) is 11.8. The summed E-state index contributed by atoms with van der Waals surface area (Å²) in [6.45, 7) is -0.686. The van der Waals surface area contributed by atoms with E-state index >= 15 is 0 Å². The normalized spacial score (nSPS) is 16.5. The number of ether oxygens (including phenoxy) is 1. The van der Waals surface area contributed by atoms with Crippen LogP contribution in [-0.2, 0) is 14.3 Å². The van der Waals surface area contributed by atoms with E-state index in [4.69, 9.17) is 10.2 Å². The maximum atomic E-state index is 10.8. The van der Waals surface area contributed by atoms with Crippen LogP contribution in [0.25, 0.3) is 0 Å². The molecule has 6 nitrogen and oxygen atoms in total. The minimum absolute atomic E-state index is 0.197. The van der Waals surface area contributed by atoms with Crippen LogP contribution >= 0.6 is 12.6 Å². The highest BCUT2D eigenvalue weighted by atomic mass is 32.1. The van der Waals surface area contributed by atoms with E-state index in [-0.39, 0.29) is 12.2 Å². The third kappa shape index (κ3) is 5.12. The van der Waals surface area contributed by atoms with E-state index in [1.807, 2.05) is 0 Å². The zero-order valence-corrected chi connectivity index (χ0v) is 8.84. The van der Waals surface area contributed by atoms with Gasteiger partial charge in [-0.1, -0.05) is 0 Å². The number of hydrogen-bond acceptors (Lipinski definition) is 7. The first-order chi connectivity index (χ1) is 7.06. The van der Waals surface area contributed by atoms with Gasteiger partial charge in [0.2, 0.25) is 0 Å². The molecule has 0 aliphatic carbocycles. The third-order valence-corrected chi connectivity index (χ3v) is 1.96. The molecule has 0 rings (SSSR count). The Morgan fingerprint density at radius 1 is 1.47 bits per heavy atom. The maximum absolute atomic E-state index is 10.8. The highest BCUT2D eigenvalue weighted by Gasteiger charge is 2.28. The monoisotopic (exact) mass is 238 g/mol. The van der Waals surface area contributed by atoms with Gasteiger partial charge in [0.05, 0.1) is 12.4 Å². The molecule has 0 saturated carbocycles. The molecule has 0 aromatic carbocycles. The molecule has 15 heavy (non-hydrogen) atoms. The van der Waals surface area contributed by atoms with Crippen molar-refractivity contribution in [3.8, 4) is 0 Å². The Morgan fingerprint density at radius 3 is 2.47 bits per heavy atom. The first kappa shape index (κ1) is 14.4. The number of carbonyl (C=O) groups excluding carboxylic acids is 2. The molecule has 0 bridgehead atoms. The van der Waals surface area contributed by atoms with E-state index in [1.165, 1.54) is 0 Å². The highest BCUT2D eigenvalue weighted by Crippen LogP contribution is 2.08. The maximum Gasteiger partial charge on any atom is 0.316 e. The van der Waals surface area contributed by atoms with Gasteiger partial charge in [-0.3, -0.25) is 4.79 Å². The predicted octanol–water partition coefficient (Wildman–Crippen LogP) is -1.87. The van der Waals surface area contributed by atoms with Crippen molar-refractivity contribution in [2.24, 2.45) is 0 Å². The van der Waals surface area contributed by atoms with E-state index in [0.29, 0.717) is 6.29 Å². The van der Waals surface area contributed by atoms with Crippen molar-refractivity contribution < 1.29 is 29.6 Å². The standard InChI is InChI=1S/C8H14O6S/c9-2-1-6(14-7(12)4-15)8(13)5(11)3-10/h2,5-6,8,10-11,13,15H,1,3-4H2/t5-,6-,8-/m1/s1. The van der Waals surface area contributed by atoms with Gasteiger partial charge in [0.15, 0.2) is 0 Å². The van der Waals surface area contributed by atoms with Gasteiger partial charge in [-0.05, 0) is 0 Å². The lowest BCUT2D eigenvalue weighted by molar-refractivity contribution is -0.159. The molecule has 0 radical (unpaired) electrons. The molecule has 7 heteroatoms. The summed E-state index contributed by atoms with van der Waals surface area (Å²) in [5.41, 5.74) is 0. The second-order valence-electron chi connectivity index (χ2n) is 2.83. The van der Waals surface area contributed by atoms with E-state index < -0.39 is 30.9 Å². The number of aliphatic hydroxyl groups excluding tert-OH is 3. The van der Waals surface area contributed by atoms with Gasteiger partial charge in [0.25, 0.3) is 0 Å². The second kappa shape index (κ2) is 7.63. The van der Waals surface area contributed by atoms with Crippen LogP contribution in [0.4, 0.5) is 0 Å². The minimum atomic E-state index is -1.50. The number of aliphatic hydroxyl groups is 3. The Kier molecular flexibility index (Phi) is 7.31. The van der Waals surface area contributed by atoms with Crippen LogP contribution in [0.2, 0.25) is 0 Å². The SMILES string of the molecule is O=CC[C@@H](OC(=O)CS)[C@H](O)[C@H](O)CO. The Morgan fingerprint density at radius 2 is 2.07 bits per heavy atom. The second-order valence-corrected chi connectivity index (χ2v) is 3.15. The highest BCUT2D eigenvalue weighted by molar-refractivity contribution is 7.81. The molecule has 0 aromatic rings. The molecule has 0 unspecified atom stereocenters. The molecule has 0 fully saturated rings. The van der Waals surface area contributed by atoms with Crippen molar-refractivity contribution in [3.63, 3.8) is 0 Å². The van der Waals surface area contributed by atoms with Crippen molar-refractivity contribution in [2.75, 3.05) is 12.4 Å². The molecule has 3 atom stereocenters. The molecule has 0 aliphatic heterocycles. The van der Waals surface area contributed by atoms with Crippen LogP contribution in [0.3, 0.4) is 0 Å². The molecule has 0 aromatic heterocycles. The van der Waals surface area contributed by atoms with E-state index in [0.717, 1.165) is 0 Å². The predicted molar refractivity (Wildman–Crippen MR) is 53.5 cm³/mol. The van der Waals surface area contributed by atoms with Gasteiger partial charge in [-0.15, -0.1) is 0 Å². The zero-order valence-electron chi connectivity index (χ0n) is 7.94. The molecule has 0 amide bonds. The first-order valence-corrected chi connectivity index (χ1v) is 4.91. The van der Waals surface area contributed by atoms with Crippen LogP contribution in [0.5, 0.6) is 0 Å². The van der Waals surface area contributed by atoms with Crippen LogP contribution in [0.15, 0.2) is 0 Å². The van der Waals surface area contributed by atoms with Crippen molar-refractivity contribution in [1.82, 2.24) is 0 Å². The number of thiol groups is 1. The fraction of sp³-hybridized carbons (Fsp3) is 0.750. The molecular formula is C8H14O6S. The molecule has 88 valence electrons. The molecule has 0 saturated heterocycles. The lowest BCUT2D eigenvalue weighted by Crippen LogP contribution is -2.42. The van der Waals surface area contributed by atoms with Crippen molar-refractivity contribution in [3.05, 3.63) is 0 Å². The molecule has 3 N–H and O–H groups in total. The van der Waals surface area contributed by atoms with Gasteiger partial charge in [-0.2, -0.15) is 12.6 Å². The quantitative estimate of drug-likeness (QED) is 0.235. The summed E-state index contributed by atoms with van der Waals surface area (Å²) in [6, 6.07) is 0. The van der Waals surface area contributed by atoms with Gasteiger partial charge in [-0.25, -0.2) is 0 Å². The lowest BCUT2D eigenvalue weighted by atomic mass is 10.1. The number of esters is 1. The van der Waals surface area contributed by atoms with E-state index in [1.54, 1.807) is 0 Å². The number of carbonyl (C=O) groups is 2. The topological polar surface area (TPSA) is 104 Å². The Bertz CT molecular complexity index is 209. The van der Waals surface area contributed by atoms with E-state index in [2.05, 4.69) is 17.4 Å². The smallest absolute Gasteiger partial charge is 0.316 e. The van der Waals surface area contributed by atoms with Gasteiger partial charge >= 0.3 is 5.97 Å². The van der Waals surface area contributed by atoms with Crippen molar-refractivity contribution in [2.45, 2.75) is 24.7 Å². The molecular weight excluding hydrogens is 224 g/mol. The largest absolute Gasteiger partial charge is 0.458 e. The average Bonchev–Trinajstić information content (AvgIpc) is 2.26. The van der Waals surface area contributed by atoms with Crippen LogP contribution in [0.1, 0.15) is 6.42 Å².